The van der Waals surface area contributed by atoms with Gasteiger partial charge in [-0.2, -0.15) is 0 Å². The standard InChI is InChI=1S/C13H15Cl2N3OS2/c1-4-5-20-12-18-17-11(21-12)16-10(19)9-7(6-8(14)15)13(9,2)3/h4,6-7,9H,1,5H2,2-3H3,(H,16,17,19)/t7-,9+/m0/s1. The highest BCUT2D eigenvalue weighted by molar-refractivity contribution is 8.01. The van der Waals surface area contributed by atoms with Crippen molar-refractivity contribution in [2.45, 2.75) is 18.2 Å². The van der Waals surface area contributed by atoms with Crippen molar-refractivity contribution in [1.82, 2.24) is 10.2 Å². The van der Waals surface area contributed by atoms with Crippen molar-refractivity contribution >= 4 is 57.3 Å². The summed E-state index contributed by atoms with van der Waals surface area (Å²) in [4.78, 5) is 12.3. The summed E-state index contributed by atoms with van der Waals surface area (Å²) >= 11 is 14.3. The van der Waals surface area contributed by atoms with E-state index in [2.05, 4.69) is 22.1 Å². The first-order chi connectivity index (χ1) is 9.86. The van der Waals surface area contributed by atoms with Crippen molar-refractivity contribution in [3.05, 3.63) is 23.2 Å². The zero-order valence-corrected chi connectivity index (χ0v) is 14.7. The highest BCUT2D eigenvalue weighted by atomic mass is 35.5. The Hall–Kier alpha value is -0.560. The van der Waals surface area contributed by atoms with Crippen molar-refractivity contribution in [3.63, 3.8) is 0 Å². The van der Waals surface area contributed by atoms with Crippen molar-refractivity contribution in [2.75, 3.05) is 11.1 Å². The lowest BCUT2D eigenvalue weighted by Crippen LogP contribution is -2.16. The number of allylic oxidation sites excluding steroid dienone is 1. The van der Waals surface area contributed by atoms with Crippen molar-refractivity contribution in [3.8, 4) is 0 Å². The van der Waals surface area contributed by atoms with Crippen molar-refractivity contribution in [2.24, 2.45) is 17.3 Å². The Balaban J connectivity index is 1.97. The van der Waals surface area contributed by atoms with Crippen LogP contribution < -0.4 is 5.32 Å². The van der Waals surface area contributed by atoms with E-state index in [0.717, 1.165) is 10.1 Å². The van der Waals surface area contributed by atoms with Gasteiger partial charge in [0.25, 0.3) is 0 Å². The molecule has 1 fully saturated rings. The Morgan fingerprint density at radius 1 is 1.52 bits per heavy atom. The van der Waals surface area contributed by atoms with Crippen molar-refractivity contribution < 1.29 is 4.79 Å². The Bertz CT molecular complexity index is 582. The van der Waals surface area contributed by atoms with E-state index in [-0.39, 0.29) is 27.6 Å². The fourth-order valence-electron chi connectivity index (χ4n) is 2.26. The number of aromatic nitrogens is 2. The fourth-order valence-corrected chi connectivity index (χ4v) is 4.04. The first-order valence-corrected chi connectivity index (χ1v) is 8.83. The summed E-state index contributed by atoms with van der Waals surface area (Å²) in [6, 6.07) is 0. The Labute approximate surface area is 142 Å². The lowest BCUT2D eigenvalue weighted by Gasteiger charge is -2.01. The maximum atomic E-state index is 12.3. The molecule has 8 heteroatoms. The molecule has 0 spiro atoms. The van der Waals surface area contributed by atoms with Crippen LogP contribution in [0.3, 0.4) is 0 Å². The second-order valence-corrected chi connectivity index (χ2v) is 8.50. The van der Waals surface area contributed by atoms with Crippen LogP contribution in [-0.4, -0.2) is 21.9 Å². The van der Waals surface area contributed by atoms with Crippen LogP contribution in [0.4, 0.5) is 5.13 Å². The molecule has 1 heterocycles. The maximum Gasteiger partial charge on any atom is 0.230 e. The number of anilines is 1. The molecule has 0 radical (unpaired) electrons. The third-order valence-electron chi connectivity index (χ3n) is 3.46. The van der Waals surface area contributed by atoms with Crippen molar-refractivity contribution in [1.29, 1.82) is 0 Å². The van der Waals surface area contributed by atoms with Gasteiger partial charge in [0.05, 0.1) is 5.92 Å². The minimum absolute atomic E-state index is 0.0463. The van der Waals surface area contributed by atoms with Crippen LogP contribution in [0.15, 0.2) is 27.6 Å². The molecule has 1 N–H and O–H groups in total. The first-order valence-electron chi connectivity index (χ1n) is 6.27. The van der Waals surface area contributed by atoms with Gasteiger partial charge in [0.15, 0.2) is 4.34 Å². The highest BCUT2D eigenvalue weighted by Crippen LogP contribution is 2.60. The van der Waals surface area contributed by atoms with Crippen LogP contribution in [0.25, 0.3) is 0 Å². The van der Waals surface area contributed by atoms with E-state index in [4.69, 9.17) is 23.2 Å². The van der Waals surface area contributed by atoms with Gasteiger partial charge < -0.3 is 5.32 Å². The normalized spacial score (nSPS) is 22.5. The summed E-state index contributed by atoms with van der Waals surface area (Å²) in [7, 11) is 0. The van der Waals surface area contributed by atoms with Gasteiger partial charge in [-0.1, -0.05) is 66.2 Å². The average molecular weight is 364 g/mol. The van der Waals surface area contributed by atoms with Crippen LogP contribution in [-0.2, 0) is 4.79 Å². The second-order valence-electron chi connectivity index (χ2n) is 5.24. The number of thioether (sulfide) groups is 1. The first kappa shape index (κ1) is 16.8. The van der Waals surface area contributed by atoms with Crippen LogP contribution in [0, 0.1) is 17.3 Å². The van der Waals surface area contributed by atoms with E-state index in [1.165, 1.54) is 23.1 Å². The molecule has 1 aliphatic carbocycles. The smallest absolute Gasteiger partial charge is 0.230 e. The number of halogens is 2. The molecular weight excluding hydrogens is 349 g/mol. The molecule has 1 amide bonds. The van der Waals surface area contributed by atoms with Gasteiger partial charge in [0.1, 0.15) is 4.49 Å². The molecule has 0 aliphatic heterocycles. The number of carbonyl (C=O) groups excluding carboxylic acids is 1. The summed E-state index contributed by atoms with van der Waals surface area (Å²) in [5.41, 5.74) is -0.149. The van der Waals surface area contributed by atoms with Gasteiger partial charge in [0, 0.05) is 5.75 Å². The molecule has 21 heavy (non-hydrogen) atoms. The Kier molecular flexibility index (Phi) is 5.35. The van der Waals surface area contributed by atoms with Crippen LogP contribution in [0.1, 0.15) is 13.8 Å². The molecule has 4 nitrogen and oxygen atoms in total. The molecule has 1 aliphatic rings. The van der Waals surface area contributed by atoms with Gasteiger partial charge in [-0.15, -0.1) is 16.8 Å². The van der Waals surface area contributed by atoms with Gasteiger partial charge in [-0.25, -0.2) is 0 Å². The SMILES string of the molecule is C=CCSc1nnc(NC(=O)[C@H]2[C@H](C=C(Cl)Cl)C2(C)C)s1. The number of hydrogen-bond donors (Lipinski definition) is 1. The average Bonchev–Trinajstić information content (AvgIpc) is 2.73. The molecule has 1 aromatic heterocycles. The molecular formula is C13H15Cl2N3OS2. The third-order valence-corrected chi connectivity index (χ3v) is 5.68. The Morgan fingerprint density at radius 2 is 2.24 bits per heavy atom. The zero-order chi connectivity index (χ0) is 15.6. The molecule has 2 atom stereocenters. The van der Waals surface area contributed by atoms with Crippen LogP contribution >= 0.6 is 46.3 Å². The number of hydrogen-bond acceptors (Lipinski definition) is 5. The van der Waals surface area contributed by atoms with E-state index < -0.39 is 0 Å². The van der Waals surface area contributed by atoms with E-state index in [1.54, 1.807) is 12.2 Å². The second kappa shape index (κ2) is 6.69. The van der Waals surface area contributed by atoms with Crippen LogP contribution in [0.5, 0.6) is 0 Å². The zero-order valence-electron chi connectivity index (χ0n) is 11.6. The quantitative estimate of drug-likeness (QED) is 0.463. The molecule has 0 aromatic carbocycles. The molecule has 0 unspecified atom stereocenters. The summed E-state index contributed by atoms with van der Waals surface area (Å²) in [5, 5.41) is 11.3. The number of nitrogens with zero attached hydrogens (tertiary/aromatic N) is 2. The molecule has 1 aromatic rings. The van der Waals surface area contributed by atoms with Crippen LogP contribution in [0.2, 0.25) is 0 Å². The highest BCUT2D eigenvalue weighted by Gasteiger charge is 2.60. The molecule has 1 saturated carbocycles. The maximum absolute atomic E-state index is 12.3. The number of amides is 1. The van der Waals surface area contributed by atoms with E-state index in [9.17, 15) is 4.79 Å². The monoisotopic (exact) mass is 363 g/mol. The van der Waals surface area contributed by atoms with E-state index in [0.29, 0.717) is 5.13 Å². The minimum Gasteiger partial charge on any atom is -0.300 e. The minimum atomic E-state index is -0.154. The largest absolute Gasteiger partial charge is 0.300 e. The number of carbonyl (C=O) groups is 1. The van der Waals surface area contributed by atoms with Gasteiger partial charge in [-0.3, -0.25) is 4.79 Å². The number of nitrogens with one attached hydrogen (secondary N) is 1. The molecule has 0 saturated heterocycles. The number of rotatable bonds is 6. The van der Waals surface area contributed by atoms with Gasteiger partial charge in [-0.05, 0) is 17.4 Å². The molecule has 114 valence electrons. The summed E-state index contributed by atoms with van der Waals surface area (Å²) in [6.45, 7) is 7.68. The van der Waals surface area contributed by atoms with Gasteiger partial charge in [0.2, 0.25) is 11.0 Å². The fraction of sp³-hybridized carbons (Fsp3) is 0.462. The molecule has 0 bridgehead atoms. The van der Waals surface area contributed by atoms with E-state index in [1.807, 2.05) is 13.8 Å². The van der Waals surface area contributed by atoms with Gasteiger partial charge >= 0.3 is 0 Å². The summed E-state index contributed by atoms with van der Waals surface area (Å²) in [5.74, 6) is 0.578. The topological polar surface area (TPSA) is 54.9 Å². The summed E-state index contributed by atoms with van der Waals surface area (Å²) < 4.78 is 1.00. The van der Waals surface area contributed by atoms with E-state index >= 15 is 0 Å². The predicted molar refractivity (Wildman–Crippen MR) is 90.0 cm³/mol. The summed E-state index contributed by atoms with van der Waals surface area (Å²) in [6.07, 6.45) is 3.52. The lowest BCUT2D eigenvalue weighted by molar-refractivity contribution is -0.118. The predicted octanol–water partition coefficient (Wildman–Crippen LogP) is 4.35. The Morgan fingerprint density at radius 3 is 2.86 bits per heavy atom. The molecule has 2 rings (SSSR count). The third kappa shape index (κ3) is 4.00. The lowest BCUT2D eigenvalue weighted by atomic mass is 10.1.